The van der Waals surface area contributed by atoms with Crippen molar-refractivity contribution >= 4 is 17.6 Å². The van der Waals surface area contributed by atoms with Crippen molar-refractivity contribution in [1.29, 1.82) is 0 Å². The maximum absolute atomic E-state index is 11.8. The highest BCUT2D eigenvalue weighted by Crippen LogP contribution is 2.15. The lowest BCUT2D eigenvalue weighted by Crippen LogP contribution is -2.34. The quantitative estimate of drug-likeness (QED) is 0.823. The second-order valence-corrected chi connectivity index (χ2v) is 4.34. The van der Waals surface area contributed by atoms with Crippen molar-refractivity contribution in [3.05, 3.63) is 23.9 Å². The number of likely N-dealkylation sites (tertiary alicyclic amines) is 1. The average Bonchev–Trinajstić information content (AvgIpc) is 2.54. The van der Waals surface area contributed by atoms with Gasteiger partial charge in [-0.1, -0.05) is 6.07 Å². The summed E-state index contributed by atoms with van der Waals surface area (Å²) in [6.45, 7) is 0.271. The number of nitrogens with one attached hydrogen (secondary N) is 1. The Labute approximate surface area is 106 Å². The smallest absolute Gasteiger partial charge is 0.229 e. The molecule has 0 atom stereocenters. The standard InChI is InChI=1S/C13H17N3O2/c1-14-11-6-4-5-10(15-11)9-16-12(17)7-2-3-8-13(16)18/h4-6H,2-3,7-9H2,1H3,(H,14,15). The lowest BCUT2D eigenvalue weighted by Gasteiger charge is -2.18. The van der Waals surface area contributed by atoms with Gasteiger partial charge in [-0.25, -0.2) is 4.98 Å². The zero-order valence-electron chi connectivity index (χ0n) is 10.5. The van der Waals surface area contributed by atoms with Gasteiger partial charge in [-0.2, -0.15) is 0 Å². The minimum atomic E-state index is -0.0887. The summed E-state index contributed by atoms with van der Waals surface area (Å²) in [4.78, 5) is 29.3. The first-order valence-corrected chi connectivity index (χ1v) is 6.17. The summed E-state index contributed by atoms with van der Waals surface area (Å²) in [5.74, 6) is 0.561. The number of rotatable bonds is 3. The van der Waals surface area contributed by atoms with Crippen LogP contribution in [-0.4, -0.2) is 28.7 Å². The third kappa shape index (κ3) is 2.85. The number of hydrogen-bond donors (Lipinski definition) is 1. The van der Waals surface area contributed by atoms with Crippen molar-refractivity contribution in [1.82, 2.24) is 9.88 Å². The summed E-state index contributed by atoms with van der Waals surface area (Å²) >= 11 is 0. The van der Waals surface area contributed by atoms with Crippen LogP contribution in [0.2, 0.25) is 0 Å². The molecular formula is C13H17N3O2. The van der Waals surface area contributed by atoms with Gasteiger partial charge in [0.15, 0.2) is 0 Å². The summed E-state index contributed by atoms with van der Waals surface area (Å²) < 4.78 is 0. The van der Waals surface area contributed by atoms with Crippen LogP contribution in [0.1, 0.15) is 31.4 Å². The predicted molar refractivity (Wildman–Crippen MR) is 67.8 cm³/mol. The molecule has 2 rings (SSSR count). The molecule has 0 aliphatic carbocycles. The topological polar surface area (TPSA) is 62.3 Å². The van der Waals surface area contributed by atoms with Crippen LogP contribution in [0.15, 0.2) is 18.2 Å². The third-order valence-corrected chi connectivity index (χ3v) is 3.02. The van der Waals surface area contributed by atoms with Gasteiger partial charge >= 0.3 is 0 Å². The number of anilines is 1. The Morgan fingerprint density at radius 2 is 1.89 bits per heavy atom. The normalized spacial score (nSPS) is 16.6. The SMILES string of the molecule is CNc1cccc(CN2C(=O)CCCCC2=O)n1. The minimum Gasteiger partial charge on any atom is -0.373 e. The minimum absolute atomic E-state index is 0.0887. The van der Waals surface area contributed by atoms with Crippen LogP contribution in [0.5, 0.6) is 0 Å². The monoisotopic (exact) mass is 247 g/mol. The first-order chi connectivity index (χ1) is 8.70. The molecule has 2 heterocycles. The highest BCUT2D eigenvalue weighted by molar-refractivity contribution is 5.95. The molecule has 2 amide bonds. The van der Waals surface area contributed by atoms with E-state index in [4.69, 9.17) is 0 Å². The van der Waals surface area contributed by atoms with E-state index in [9.17, 15) is 9.59 Å². The molecule has 18 heavy (non-hydrogen) atoms. The fourth-order valence-electron chi connectivity index (χ4n) is 2.01. The second kappa shape index (κ2) is 5.62. The maximum Gasteiger partial charge on any atom is 0.229 e. The fourth-order valence-corrected chi connectivity index (χ4v) is 2.01. The summed E-state index contributed by atoms with van der Waals surface area (Å²) in [7, 11) is 1.79. The number of imide groups is 1. The molecule has 1 aliphatic rings. The molecule has 0 unspecified atom stereocenters. The van der Waals surface area contributed by atoms with Crippen molar-refractivity contribution in [2.24, 2.45) is 0 Å². The van der Waals surface area contributed by atoms with Crippen LogP contribution in [0.3, 0.4) is 0 Å². The average molecular weight is 247 g/mol. The van der Waals surface area contributed by atoms with Crippen LogP contribution < -0.4 is 5.32 Å². The van der Waals surface area contributed by atoms with Gasteiger partial charge in [0.05, 0.1) is 12.2 Å². The largest absolute Gasteiger partial charge is 0.373 e. The summed E-state index contributed by atoms with van der Waals surface area (Å²) in [6.07, 6.45) is 2.50. The molecule has 5 heteroatoms. The van der Waals surface area contributed by atoms with E-state index in [-0.39, 0.29) is 18.4 Å². The van der Waals surface area contributed by atoms with Gasteiger partial charge < -0.3 is 5.32 Å². The lowest BCUT2D eigenvalue weighted by molar-refractivity contribution is -0.144. The van der Waals surface area contributed by atoms with E-state index in [1.165, 1.54) is 4.90 Å². The second-order valence-electron chi connectivity index (χ2n) is 4.34. The zero-order valence-corrected chi connectivity index (χ0v) is 10.5. The number of amides is 2. The molecule has 1 aromatic rings. The van der Waals surface area contributed by atoms with Crippen LogP contribution in [0.25, 0.3) is 0 Å². The molecule has 5 nitrogen and oxygen atoms in total. The molecule has 1 N–H and O–H groups in total. The van der Waals surface area contributed by atoms with Crippen molar-refractivity contribution in [3.63, 3.8) is 0 Å². The number of pyridine rings is 1. The van der Waals surface area contributed by atoms with Gasteiger partial charge in [-0.05, 0) is 25.0 Å². The molecule has 0 saturated carbocycles. The molecule has 1 aliphatic heterocycles. The van der Waals surface area contributed by atoms with E-state index < -0.39 is 0 Å². The van der Waals surface area contributed by atoms with Crippen molar-refractivity contribution in [3.8, 4) is 0 Å². The number of carbonyl (C=O) groups excluding carboxylic acids is 2. The Hall–Kier alpha value is -1.91. The van der Waals surface area contributed by atoms with Gasteiger partial charge in [0.2, 0.25) is 11.8 Å². The maximum atomic E-state index is 11.8. The third-order valence-electron chi connectivity index (χ3n) is 3.02. The Kier molecular flexibility index (Phi) is 3.92. The first kappa shape index (κ1) is 12.5. The van der Waals surface area contributed by atoms with E-state index in [0.29, 0.717) is 12.8 Å². The summed E-state index contributed by atoms with van der Waals surface area (Å²) in [5.41, 5.74) is 0.727. The van der Waals surface area contributed by atoms with Crippen LogP contribution in [0, 0.1) is 0 Å². The van der Waals surface area contributed by atoms with Gasteiger partial charge in [0.1, 0.15) is 5.82 Å². The molecule has 1 saturated heterocycles. The number of carbonyl (C=O) groups is 2. The van der Waals surface area contributed by atoms with E-state index in [0.717, 1.165) is 24.4 Å². The van der Waals surface area contributed by atoms with E-state index >= 15 is 0 Å². The number of nitrogens with zero attached hydrogens (tertiary/aromatic N) is 2. The van der Waals surface area contributed by atoms with Crippen LogP contribution in [0.4, 0.5) is 5.82 Å². The Morgan fingerprint density at radius 3 is 2.50 bits per heavy atom. The first-order valence-electron chi connectivity index (χ1n) is 6.17. The lowest BCUT2D eigenvalue weighted by atomic mass is 10.2. The Balaban J connectivity index is 2.14. The van der Waals surface area contributed by atoms with Crippen molar-refractivity contribution < 1.29 is 9.59 Å². The van der Waals surface area contributed by atoms with Gasteiger partial charge in [0.25, 0.3) is 0 Å². The Bertz CT molecular complexity index is 441. The zero-order chi connectivity index (χ0) is 13.0. The molecule has 1 fully saturated rings. The fraction of sp³-hybridized carbons (Fsp3) is 0.462. The van der Waals surface area contributed by atoms with Crippen LogP contribution in [-0.2, 0) is 16.1 Å². The predicted octanol–water partition coefficient (Wildman–Crippen LogP) is 1.55. The van der Waals surface area contributed by atoms with E-state index in [1.54, 1.807) is 7.05 Å². The molecule has 0 aromatic carbocycles. The van der Waals surface area contributed by atoms with Crippen molar-refractivity contribution in [2.75, 3.05) is 12.4 Å². The highest BCUT2D eigenvalue weighted by atomic mass is 16.2. The molecule has 0 radical (unpaired) electrons. The molecule has 0 bridgehead atoms. The van der Waals surface area contributed by atoms with Gasteiger partial charge in [0, 0.05) is 19.9 Å². The number of hydrogen-bond acceptors (Lipinski definition) is 4. The molecule has 96 valence electrons. The van der Waals surface area contributed by atoms with Crippen LogP contribution >= 0.6 is 0 Å². The van der Waals surface area contributed by atoms with Crippen molar-refractivity contribution in [2.45, 2.75) is 32.2 Å². The highest BCUT2D eigenvalue weighted by Gasteiger charge is 2.24. The molecule has 1 aromatic heterocycles. The van der Waals surface area contributed by atoms with Gasteiger partial charge in [-0.15, -0.1) is 0 Å². The molecule has 0 spiro atoms. The molecular weight excluding hydrogens is 230 g/mol. The van der Waals surface area contributed by atoms with E-state index in [1.807, 2.05) is 18.2 Å². The number of aromatic nitrogens is 1. The summed E-state index contributed by atoms with van der Waals surface area (Å²) in [6, 6.07) is 5.53. The summed E-state index contributed by atoms with van der Waals surface area (Å²) in [5, 5.41) is 2.94. The Morgan fingerprint density at radius 1 is 1.22 bits per heavy atom. The van der Waals surface area contributed by atoms with E-state index in [2.05, 4.69) is 10.3 Å². The van der Waals surface area contributed by atoms with Gasteiger partial charge in [-0.3, -0.25) is 14.5 Å².